The minimum absolute atomic E-state index is 0.0931. The van der Waals surface area contributed by atoms with Crippen LogP contribution in [-0.2, 0) is 32.0 Å². The van der Waals surface area contributed by atoms with Gasteiger partial charge in [0.1, 0.15) is 17.8 Å². The quantitative estimate of drug-likeness (QED) is 0.174. The van der Waals surface area contributed by atoms with Crippen molar-refractivity contribution in [3.63, 3.8) is 0 Å². The number of nitrogens with one attached hydrogen (secondary N) is 2. The maximum Gasteiger partial charge on any atom is 0.322 e. The summed E-state index contributed by atoms with van der Waals surface area (Å²) in [5, 5.41) is 43.1. The summed E-state index contributed by atoms with van der Waals surface area (Å²) in [5.41, 5.74) is 15.9. The van der Waals surface area contributed by atoms with Crippen LogP contribution >= 0.6 is 0 Å². The molecule has 0 fully saturated rings. The topological polar surface area (TPSA) is 246 Å². The summed E-state index contributed by atoms with van der Waals surface area (Å²) in [4.78, 5) is 41.3. The van der Waals surface area contributed by atoms with Gasteiger partial charge in [-0.05, 0) is 36.1 Å². The van der Waals surface area contributed by atoms with E-state index >= 15 is 0 Å². The van der Waals surface area contributed by atoms with Gasteiger partial charge in [0.15, 0.2) is 0 Å². The van der Waals surface area contributed by atoms with E-state index in [-0.39, 0.29) is 31.7 Å². The van der Waals surface area contributed by atoms with Gasteiger partial charge in [0, 0.05) is 0 Å². The van der Waals surface area contributed by atoms with E-state index in [4.69, 9.17) is 10.2 Å². The first-order valence-corrected chi connectivity index (χ1v) is 10.1. The zero-order valence-corrected chi connectivity index (χ0v) is 18.7. The molecule has 0 aliphatic carbocycles. The second-order valence-corrected chi connectivity index (χ2v) is 6.83. The third-order valence-electron chi connectivity index (χ3n) is 4.04. The number of hydrogen-bond donors (Lipinski definition) is 9. The summed E-state index contributed by atoms with van der Waals surface area (Å²) in [6.07, 6.45) is 0.356. The van der Waals surface area contributed by atoms with Crippen LogP contribution in [0.5, 0.6) is 5.75 Å². The molecule has 13 heteroatoms. The monoisotopic (exact) mass is 494 g/mol. The minimum Gasteiger partial charge on any atom is -0.508 e. The Kier molecular flexibility index (Phi) is 15.4. The summed E-state index contributed by atoms with van der Waals surface area (Å²) in [7, 11) is 0. The molecule has 0 saturated heterocycles. The number of hydrogen-bond acceptors (Lipinski definition) is 9. The highest BCUT2D eigenvalue weighted by Crippen LogP contribution is 2.11. The lowest BCUT2D eigenvalue weighted by Gasteiger charge is -2.20. The molecular formula is C22H30N4O9. The van der Waals surface area contributed by atoms with Crippen LogP contribution in [0, 0.1) is 0 Å². The maximum absolute atomic E-state index is 11.4. The fourth-order valence-corrected chi connectivity index (χ4v) is 2.32. The molecule has 35 heavy (non-hydrogen) atoms. The van der Waals surface area contributed by atoms with Gasteiger partial charge in [0.2, 0.25) is 0 Å². The number of carboxylic acids is 4. The van der Waals surface area contributed by atoms with E-state index in [1.165, 1.54) is 12.1 Å². The predicted molar refractivity (Wildman–Crippen MR) is 124 cm³/mol. The molecule has 0 amide bonds. The second kappa shape index (κ2) is 17.4. The van der Waals surface area contributed by atoms with E-state index in [9.17, 15) is 34.5 Å². The molecule has 2 aromatic carbocycles. The molecule has 0 bridgehead atoms. The standard InChI is InChI=1S/C18H20N2O5.2C2H5NO2/c21-14-8-6-13(7-9-14)11-16(18(24)25)20-19-15(17(22)23)10-12-4-2-1-3-5-12;2*3-1-2(4)5/h1-9,15-16,19-21H,10-11H2,(H,22,23)(H,24,25);2*1,3H2,(H,4,5)/t15-,16-;;/m0../s1. The number of aromatic hydroxyl groups is 1. The lowest BCUT2D eigenvalue weighted by Crippen LogP contribution is -2.53. The van der Waals surface area contributed by atoms with E-state index < -0.39 is 36.0 Å². The van der Waals surface area contributed by atoms with Crippen LogP contribution in [0.25, 0.3) is 0 Å². The molecule has 13 nitrogen and oxygen atoms in total. The summed E-state index contributed by atoms with van der Waals surface area (Å²) < 4.78 is 0. The molecule has 11 N–H and O–H groups in total. The first-order chi connectivity index (χ1) is 16.5. The van der Waals surface area contributed by atoms with Gasteiger partial charge in [-0.25, -0.2) is 10.9 Å². The van der Waals surface area contributed by atoms with Crippen LogP contribution in [-0.4, -0.2) is 74.6 Å². The lowest BCUT2D eigenvalue weighted by molar-refractivity contribution is -0.143. The van der Waals surface area contributed by atoms with Crippen molar-refractivity contribution in [2.24, 2.45) is 11.5 Å². The number of aliphatic carboxylic acids is 4. The van der Waals surface area contributed by atoms with Crippen LogP contribution in [0.4, 0.5) is 0 Å². The van der Waals surface area contributed by atoms with Gasteiger partial charge in [-0.3, -0.25) is 19.2 Å². The molecule has 0 aromatic heterocycles. The molecule has 2 atom stereocenters. The number of carbonyl (C=O) groups is 4. The largest absolute Gasteiger partial charge is 0.508 e. The number of carboxylic acid groups (broad SMARTS) is 4. The maximum atomic E-state index is 11.4. The number of benzene rings is 2. The van der Waals surface area contributed by atoms with Gasteiger partial charge in [0.25, 0.3) is 0 Å². The fraction of sp³-hybridized carbons (Fsp3) is 0.273. The molecule has 0 heterocycles. The molecule has 0 spiro atoms. The Bertz CT molecular complexity index is 910. The SMILES string of the molecule is NCC(=O)O.NCC(=O)O.O=C(O)[C@H](Cc1ccccc1)NN[C@@H](Cc1ccc(O)cc1)C(=O)O. The smallest absolute Gasteiger partial charge is 0.322 e. The van der Waals surface area contributed by atoms with E-state index in [2.05, 4.69) is 22.3 Å². The molecule has 2 aromatic rings. The first kappa shape index (κ1) is 31.0. The second-order valence-electron chi connectivity index (χ2n) is 6.83. The van der Waals surface area contributed by atoms with Gasteiger partial charge in [0.05, 0.1) is 13.1 Å². The van der Waals surface area contributed by atoms with Crippen molar-refractivity contribution < 1.29 is 44.7 Å². The normalized spacial score (nSPS) is 11.5. The molecule has 0 unspecified atom stereocenters. The van der Waals surface area contributed by atoms with E-state index in [0.717, 1.165) is 5.56 Å². The zero-order chi connectivity index (χ0) is 26.8. The molecule has 0 aliphatic rings. The Morgan fingerprint density at radius 3 is 1.31 bits per heavy atom. The van der Waals surface area contributed by atoms with Crippen LogP contribution in [0.15, 0.2) is 54.6 Å². The van der Waals surface area contributed by atoms with Crippen LogP contribution < -0.4 is 22.3 Å². The Morgan fingerprint density at radius 2 is 1.00 bits per heavy atom. The van der Waals surface area contributed by atoms with Crippen molar-refractivity contribution in [3.8, 4) is 5.75 Å². The number of hydrazine groups is 1. The number of nitrogens with two attached hydrogens (primary N) is 2. The van der Waals surface area contributed by atoms with Crippen molar-refractivity contribution >= 4 is 23.9 Å². The van der Waals surface area contributed by atoms with Gasteiger partial charge < -0.3 is 37.0 Å². The van der Waals surface area contributed by atoms with Gasteiger partial charge >= 0.3 is 23.9 Å². The molecule has 0 aliphatic heterocycles. The Morgan fingerprint density at radius 1 is 0.657 bits per heavy atom. The average molecular weight is 495 g/mol. The predicted octanol–water partition coefficient (Wildman–Crippen LogP) is -0.763. The molecule has 0 radical (unpaired) electrons. The Hall–Kier alpha value is -4.04. The van der Waals surface area contributed by atoms with Crippen molar-refractivity contribution in [2.75, 3.05) is 13.1 Å². The third kappa shape index (κ3) is 15.4. The fourth-order valence-electron chi connectivity index (χ4n) is 2.32. The van der Waals surface area contributed by atoms with Gasteiger partial charge in [-0.1, -0.05) is 42.5 Å². The van der Waals surface area contributed by atoms with Crippen LogP contribution in [0.1, 0.15) is 11.1 Å². The summed E-state index contributed by atoms with van der Waals surface area (Å²) in [5.74, 6) is -4.03. The van der Waals surface area contributed by atoms with Crippen molar-refractivity contribution in [3.05, 3.63) is 65.7 Å². The van der Waals surface area contributed by atoms with Gasteiger partial charge in [-0.2, -0.15) is 0 Å². The highest BCUT2D eigenvalue weighted by molar-refractivity contribution is 5.75. The molecule has 0 saturated carbocycles. The Labute approximate surface area is 201 Å². The highest BCUT2D eigenvalue weighted by Gasteiger charge is 2.22. The van der Waals surface area contributed by atoms with Crippen molar-refractivity contribution in [1.82, 2.24) is 10.9 Å². The molecule has 2 rings (SSSR count). The lowest BCUT2D eigenvalue weighted by atomic mass is 10.1. The number of phenols is 1. The van der Waals surface area contributed by atoms with Crippen molar-refractivity contribution in [2.45, 2.75) is 24.9 Å². The van der Waals surface area contributed by atoms with E-state index in [0.29, 0.717) is 5.56 Å². The average Bonchev–Trinajstić information content (AvgIpc) is 2.83. The highest BCUT2D eigenvalue weighted by atomic mass is 16.4. The number of rotatable bonds is 11. The zero-order valence-electron chi connectivity index (χ0n) is 18.7. The first-order valence-electron chi connectivity index (χ1n) is 10.1. The van der Waals surface area contributed by atoms with Crippen molar-refractivity contribution in [1.29, 1.82) is 0 Å². The summed E-state index contributed by atoms with van der Waals surface area (Å²) in [6.45, 7) is -0.556. The molecule has 192 valence electrons. The third-order valence-corrected chi connectivity index (χ3v) is 4.04. The van der Waals surface area contributed by atoms with Crippen LogP contribution in [0.3, 0.4) is 0 Å². The molecular weight excluding hydrogens is 464 g/mol. The summed E-state index contributed by atoms with van der Waals surface area (Å²) >= 11 is 0. The van der Waals surface area contributed by atoms with Gasteiger partial charge in [-0.15, -0.1) is 0 Å². The van der Waals surface area contributed by atoms with E-state index in [1.807, 2.05) is 30.3 Å². The van der Waals surface area contributed by atoms with Crippen LogP contribution in [0.2, 0.25) is 0 Å². The Balaban J connectivity index is 0.000000975. The minimum atomic E-state index is -1.11. The summed E-state index contributed by atoms with van der Waals surface area (Å²) in [6, 6.07) is 13.3. The van der Waals surface area contributed by atoms with E-state index in [1.54, 1.807) is 12.1 Å². The number of phenolic OH excluding ortho intramolecular Hbond substituents is 1.